The molecule has 0 radical (unpaired) electrons. The molecule has 2 rings (SSSR count). The van der Waals surface area contributed by atoms with Crippen LogP contribution in [-0.4, -0.2) is 22.2 Å². The summed E-state index contributed by atoms with van der Waals surface area (Å²) in [4.78, 5) is 4.32. The minimum Gasteiger partial charge on any atom is -0.396 e. The van der Waals surface area contributed by atoms with Gasteiger partial charge in [-0.05, 0) is 38.5 Å². The van der Waals surface area contributed by atoms with E-state index in [0.29, 0.717) is 12.1 Å². The van der Waals surface area contributed by atoms with Crippen LogP contribution in [0.15, 0.2) is 28.9 Å². The number of nitrogen functional groups attached to an aromatic ring is 1. The van der Waals surface area contributed by atoms with Gasteiger partial charge in [-0.15, -0.1) is 0 Å². The molecule has 0 saturated carbocycles. The molecule has 5 heteroatoms. The van der Waals surface area contributed by atoms with Gasteiger partial charge >= 0.3 is 0 Å². The van der Waals surface area contributed by atoms with Crippen molar-refractivity contribution in [1.82, 2.24) is 4.98 Å². The molecule has 4 nitrogen and oxygen atoms in total. The Hall–Kier alpha value is -1.33. The molecule has 1 aromatic heterocycles. The molecule has 0 aliphatic carbocycles. The molecule has 1 aromatic carbocycles. The van der Waals surface area contributed by atoms with Crippen LogP contribution in [0.5, 0.6) is 0 Å². The van der Waals surface area contributed by atoms with E-state index < -0.39 is 0 Å². The first kappa shape index (κ1) is 14.1. The molecule has 0 fully saturated rings. The Balaban J connectivity index is 2.40. The van der Waals surface area contributed by atoms with Crippen LogP contribution in [0, 0.1) is 0 Å². The highest BCUT2D eigenvalue weighted by Crippen LogP contribution is 2.30. The third-order valence-corrected chi connectivity index (χ3v) is 3.44. The van der Waals surface area contributed by atoms with E-state index in [2.05, 4.69) is 26.2 Å². The standard InChI is InChI=1S/C14H18BrN3O/c1-8(5-9(2)19)18-14-11-6-10(15)3-4-13(11)17-7-12(14)16/h3-4,6-9,19H,5,16H2,1-2H3,(H,17,18). The van der Waals surface area contributed by atoms with E-state index in [-0.39, 0.29) is 12.1 Å². The SMILES string of the molecule is CC(O)CC(C)Nc1c(N)cnc2ccc(Br)cc12. The number of nitrogens with zero attached hydrogens (tertiary/aromatic N) is 1. The summed E-state index contributed by atoms with van der Waals surface area (Å²) >= 11 is 3.46. The second-order valence-electron chi connectivity index (χ2n) is 4.88. The Morgan fingerprint density at radius 1 is 1.42 bits per heavy atom. The number of hydrogen-bond acceptors (Lipinski definition) is 4. The van der Waals surface area contributed by atoms with E-state index in [0.717, 1.165) is 21.1 Å². The third kappa shape index (κ3) is 3.36. The van der Waals surface area contributed by atoms with Crippen molar-refractivity contribution in [3.63, 3.8) is 0 Å². The number of aliphatic hydroxyl groups excluding tert-OH is 1. The molecule has 2 unspecified atom stereocenters. The van der Waals surface area contributed by atoms with Gasteiger partial charge in [0.15, 0.2) is 0 Å². The highest BCUT2D eigenvalue weighted by Gasteiger charge is 2.11. The minimum absolute atomic E-state index is 0.131. The first-order chi connectivity index (χ1) is 8.97. The van der Waals surface area contributed by atoms with Gasteiger partial charge in [-0.25, -0.2) is 0 Å². The lowest BCUT2D eigenvalue weighted by atomic mass is 10.1. The quantitative estimate of drug-likeness (QED) is 0.808. The van der Waals surface area contributed by atoms with Gasteiger partial charge in [0.1, 0.15) is 0 Å². The fourth-order valence-corrected chi connectivity index (χ4v) is 2.52. The van der Waals surface area contributed by atoms with E-state index >= 15 is 0 Å². The van der Waals surface area contributed by atoms with Gasteiger partial charge in [-0.2, -0.15) is 0 Å². The van der Waals surface area contributed by atoms with Crippen molar-refractivity contribution in [2.24, 2.45) is 0 Å². The molecule has 4 N–H and O–H groups in total. The fraction of sp³-hybridized carbons (Fsp3) is 0.357. The van der Waals surface area contributed by atoms with Crippen molar-refractivity contribution in [3.8, 4) is 0 Å². The third-order valence-electron chi connectivity index (χ3n) is 2.94. The Morgan fingerprint density at radius 3 is 2.84 bits per heavy atom. The van der Waals surface area contributed by atoms with Crippen molar-refractivity contribution in [2.75, 3.05) is 11.1 Å². The van der Waals surface area contributed by atoms with Crippen molar-refractivity contribution >= 4 is 38.2 Å². The first-order valence-electron chi connectivity index (χ1n) is 6.25. The van der Waals surface area contributed by atoms with Crippen LogP contribution in [0.1, 0.15) is 20.3 Å². The molecule has 0 aliphatic heterocycles. The molecule has 0 amide bonds. The number of hydrogen-bond donors (Lipinski definition) is 3. The predicted octanol–water partition coefficient (Wildman–Crippen LogP) is 3.15. The number of pyridine rings is 1. The molecule has 0 saturated heterocycles. The van der Waals surface area contributed by atoms with Crippen molar-refractivity contribution in [2.45, 2.75) is 32.4 Å². The Bertz CT molecular complexity index is 581. The summed E-state index contributed by atoms with van der Waals surface area (Å²) in [6, 6.07) is 6.03. The highest BCUT2D eigenvalue weighted by molar-refractivity contribution is 9.10. The van der Waals surface area contributed by atoms with Crippen molar-refractivity contribution in [3.05, 3.63) is 28.9 Å². The molecule has 2 atom stereocenters. The smallest absolute Gasteiger partial charge is 0.0743 e. The largest absolute Gasteiger partial charge is 0.396 e. The molecule has 19 heavy (non-hydrogen) atoms. The number of fused-ring (bicyclic) bond motifs is 1. The van der Waals surface area contributed by atoms with Crippen LogP contribution in [0.25, 0.3) is 10.9 Å². The Labute approximate surface area is 121 Å². The maximum Gasteiger partial charge on any atom is 0.0743 e. The average Bonchev–Trinajstić information content (AvgIpc) is 2.32. The van der Waals surface area contributed by atoms with Gasteiger partial charge in [0.25, 0.3) is 0 Å². The highest BCUT2D eigenvalue weighted by atomic mass is 79.9. The molecular formula is C14H18BrN3O. The van der Waals surface area contributed by atoms with Gasteiger partial charge in [0.2, 0.25) is 0 Å². The number of halogens is 1. The molecule has 2 aromatic rings. The lowest BCUT2D eigenvalue weighted by molar-refractivity contribution is 0.179. The number of nitrogens with two attached hydrogens (primary N) is 1. The van der Waals surface area contributed by atoms with Crippen LogP contribution in [0.3, 0.4) is 0 Å². The predicted molar refractivity (Wildman–Crippen MR) is 83.2 cm³/mol. The van der Waals surface area contributed by atoms with Crippen LogP contribution >= 0.6 is 15.9 Å². The number of rotatable bonds is 4. The van der Waals surface area contributed by atoms with Gasteiger partial charge in [0, 0.05) is 15.9 Å². The number of aromatic nitrogens is 1. The zero-order valence-corrected chi connectivity index (χ0v) is 12.6. The van der Waals surface area contributed by atoms with E-state index in [4.69, 9.17) is 5.73 Å². The summed E-state index contributed by atoms with van der Waals surface area (Å²) in [5.74, 6) is 0. The number of aliphatic hydroxyl groups is 1. The number of nitrogens with one attached hydrogen (secondary N) is 1. The Morgan fingerprint density at radius 2 is 2.16 bits per heavy atom. The van der Waals surface area contributed by atoms with Crippen LogP contribution in [0.2, 0.25) is 0 Å². The van der Waals surface area contributed by atoms with Crippen LogP contribution in [0.4, 0.5) is 11.4 Å². The van der Waals surface area contributed by atoms with Crippen LogP contribution < -0.4 is 11.1 Å². The molecular weight excluding hydrogens is 306 g/mol. The Kier molecular flexibility index (Phi) is 4.27. The summed E-state index contributed by atoms with van der Waals surface area (Å²) in [6.45, 7) is 3.80. The van der Waals surface area contributed by atoms with Crippen molar-refractivity contribution < 1.29 is 5.11 Å². The molecule has 0 spiro atoms. The lowest BCUT2D eigenvalue weighted by Gasteiger charge is -2.19. The lowest BCUT2D eigenvalue weighted by Crippen LogP contribution is -2.21. The number of anilines is 2. The van der Waals surface area contributed by atoms with E-state index in [9.17, 15) is 5.11 Å². The first-order valence-corrected chi connectivity index (χ1v) is 7.05. The zero-order valence-electron chi connectivity index (χ0n) is 11.0. The summed E-state index contributed by atoms with van der Waals surface area (Å²) in [5, 5.41) is 13.8. The maximum absolute atomic E-state index is 9.44. The van der Waals surface area contributed by atoms with Crippen LogP contribution in [-0.2, 0) is 0 Å². The average molecular weight is 324 g/mol. The second kappa shape index (κ2) is 5.75. The molecule has 1 heterocycles. The summed E-state index contributed by atoms with van der Waals surface area (Å²) in [7, 11) is 0. The summed E-state index contributed by atoms with van der Waals surface area (Å²) in [6.07, 6.45) is 1.98. The van der Waals surface area contributed by atoms with E-state index in [1.807, 2.05) is 25.1 Å². The van der Waals surface area contributed by atoms with Crippen molar-refractivity contribution in [1.29, 1.82) is 0 Å². The van der Waals surface area contributed by atoms with Gasteiger partial charge in [-0.1, -0.05) is 15.9 Å². The fourth-order valence-electron chi connectivity index (χ4n) is 2.16. The van der Waals surface area contributed by atoms with E-state index in [1.165, 1.54) is 0 Å². The van der Waals surface area contributed by atoms with Gasteiger partial charge in [-0.3, -0.25) is 4.98 Å². The van der Waals surface area contributed by atoms with E-state index in [1.54, 1.807) is 13.1 Å². The molecule has 102 valence electrons. The molecule has 0 aliphatic rings. The van der Waals surface area contributed by atoms with Gasteiger partial charge in [0.05, 0.1) is 29.2 Å². The number of benzene rings is 1. The zero-order chi connectivity index (χ0) is 14.0. The summed E-state index contributed by atoms with van der Waals surface area (Å²) < 4.78 is 0.985. The topological polar surface area (TPSA) is 71.2 Å². The monoisotopic (exact) mass is 323 g/mol. The minimum atomic E-state index is -0.344. The summed E-state index contributed by atoms with van der Waals surface area (Å²) in [5.41, 5.74) is 8.39. The normalized spacial score (nSPS) is 14.3. The maximum atomic E-state index is 9.44. The molecule has 0 bridgehead atoms. The second-order valence-corrected chi connectivity index (χ2v) is 5.80. The van der Waals surface area contributed by atoms with Gasteiger partial charge < -0.3 is 16.2 Å².